The van der Waals surface area contributed by atoms with Crippen LogP contribution in [-0.2, 0) is 0 Å². The van der Waals surface area contributed by atoms with Gasteiger partial charge in [-0.2, -0.15) is 0 Å². The first-order valence-corrected chi connectivity index (χ1v) is 19.7. The molecule has 20 heavy (non-hydrogen) atoms. The molecule has 2 heteroatoms. The van der Waals surface area contributed by atoms with Gasteiger partial charge in [-0.15, -0.1) is 0 Å². The molecular formula is C18H40GeSi. The molecule has 0 radical (unpaired) electrons. The summed E-state index contributed by atoms with van der Waals surface area (Å²) in [4.78, 5) is 0. The van der Waals surface area contributed by atoms with Crippen LogP contribution in [0.4, 0.5) is 0 Å². The van der Waals surface area contributed by atoms with Gasteiger partial charge >= 0.3 is 133 Å². The predicted octanol–water partition coefficient (Wildman–Crippen LogP) is 7.20. The van der Waals surface area contributed by atoms with Crippen LogP contribution in [0.3, 0.4) is 0 Å². The van der Waals surface area contributed by atoms with E-state index in [2.05, 4.69) is 49.9 Å². The van der Waals surface area contributed by atoms with Crippen molar-refractivity contribution in [1.82, 2.24) is 0 Å². The van der Waals surface area contributed by atoms with E-state index in [1.54, 1.807) is 0 Å². The Bertz CT molecular complexity index is 252. The van der Waals surface area contributed by atoms with Crippen LogP contribution in [0.5, 0.6) is 0 Å². The summed E-state index contributed by atoms with van der Waals surface area (Å²) in [5, 5.41) is 0. The van der Waals surface area contributed by atoms with Gasteiger partial charge in [0, 0.05) is 0 Å². The molecular weight excluding hydrogens is 317 g/mol. The Morgan fingerprint density at radius 1 is 0.800 bits per heavy atom. The Kier molecular flexibility index (Phi) is 10.5. The topological polar surface area (TPSA) is 0 Å². The molecule has 0 nitrogen and oxygen atoms in total. The molecule has 0 fully saturated rings. The zero-order valence-corrected chi connectivity index (χ0v) is 18.5. The summed E-state index contributed by atoms with van der Waals surface area (Å²) >= 11 is -1.60. The molecule has 0 aromatic heterocycles. The summed E-state index contributed by atoms with van der Waals surface area (Å²) in [5.74, 6) is 7.70. The second-order valence-corrected chi connectivity index (χ2v) is 25.0. The van der Waals surface area contributed by atoms with E-state index in [0.29, 0.717) is 0 Å². The number of allylic oxidation sites excluding steroid dienone is 1. The van der Waals surface area contributed by atoms with Gasteiger partial charge in [-0.25, -0.2) is 0 Å². The molecule has 0 aliphatic carbocycles. The van der Waals surface area contributed by atoms with Crippen molar-refractivity contribution in [2.24, 2.45) is 0 Å². The fourth-order valence-corrected chi connectivity index (χ4v) is 22.0. The third kappa shape index (κ3) is 10.3. The van der Waals surface area contributed by atoms with Crippen molar-refractivity contribution in [2.45, 2.75) is 102 Å². The van der Waals surface area contributed by atoms with Gasteiger partial charge in [-0.3, -0.25) is 0 Å². The molecule has 0 N–H and O–H groups in total. The van der Waals surface area contributed by atoms with E-state index in [1.807, 2.05) is 4.03 Å². The van der Waals surface area contributed by atoms with Crippen LogP contribution >= 0.6 is 0 Å². The van der Waals surface area contributed by atoms with Crippen LogP contribution in [0.1, 0.15) is 64.7 Å². The molecule has 0 aromatic rings. The maximum atomic E-state index is 2.67. The summed E-state index contributed by atoms with van der Waals surface area (Å²) in [5.41, 5.74) is 0. The van der Waals surface area contributed by atoms with Crippen LogP contribution in [0, 0.1) is 0 Å². The van der Waals surface area contributed by atoms with E-state index >= 15 is 0 Å². The number of rotatable bonds is 11. The Balaban J connectivity index is 3.91. The summed E-state index contributed by atoms with van der Waals surface area (Å²) in [7, 11) is -1.07. The number of hydrogen-bond donors (Lipinski definition) is 0. The van der Waals surface area contributed by atoms with E-state index in [1.165, 1.54) is 57.8 Å². The third-order valence-electron chi connectivity index (χ3n) is 4.02. The van der Waals surface area contributed by atoms with Gasteiger partial charge in [0.25, 0.3) is 0 Å². The molecule has 0 aromatic carbocycles. The average Bonchev–Trinajstić information content (AvgIpc) is 2.28. The third-order valence-corrected chi connectivity index (χ3v) is 18.3. The van der Waals surface area contributed by atoms with Crippen LogP contribution in [0.15, 0.2) is 10.1 Å². The van der Waals surface area contributed by atoms with Crippen molar-refractivity contribution in [1.29, 1.82) is 0 Å². The fourth-order valence-electron chi connectivity index (χ4n) is 3.26. The molecule has 0 aliphatic heterocycles. The average molecular weight is 357 g/mol. The molecule has 0 saturated heterocycles. The van der Waals surface area contributed by atoms with Gasteiger partial charge in [-0.05, 0) is 0 Å². The van der Waals surface area contributed by atoms with Crippen molar-refractivity contribution in [3.63, 3.8) is 0 Å². The summed E-state index contributed by atoms with van der Waals surface area (Å²) in [6.07, 6.45) is 15.5. The van der Waals surface area contributed by atoms with Gasteiger partial charge in [0.2, 0.25) is 0 Å². The van der Waals surface area contributed by atoms with Crippen molar-refractivity contribution < 1.29 is 0 Å². The quantitative estimate of drug-likeness (QED) is 0.271. The Hall–Kier alpha value is 0.500. The molecule has 0 spiro atoms. The summed E-state index contributed by atoms with van der Waals surface area (Å²) < 4.78 is 1.94. The molecule has 0 unspecified atom stereocenters. The van der Waals surface area contributed by atoms with Crippen molar-refractivity contribution in [3.8, 4) is 0 Å². The molecule has 0 aliphatic rings. The van der Waals surface area contributed by atoms with Gasteiger partial charge < -0.3 is 0 Å². The maximum absolute atomic E-state index is 2.67. The second kappa shape index (κ2) is 10.3. The van der Waals surface area contributed by atoms with Gasteiger partial charge in [0.15, 0.2) is 0 Å². The minimum atomic E-state index is -1.60. The molecule has 0 atom stereocenters. The molecule has 0 amide bonds. The van der Waals surface area contributed by atoms with E-state index in [9.17, 15) is 0 Å². The SMILES string of the molecule is CCCCCCCCCC/C=[C](/[Si](C)(C)C)[Ge]([CH3])([CH3])[CH3]. The van der Waals surface area contributed by atoms with E-state index in [0.717, 1.165) is 0 Å². The number of hydrogen-bond acceptors (Lipinski definition) is 0. The predicted molar refractivity (Wildman–Crippen MR) is 102 cm³/mol. The van der Waals surface area contributed by atoms with Crippen LogP contribution < -0.4 is 0 Å². The standard InChI is InChI=1S/C18H40GeSi/c1-8-9-10-11-12-13-14-15-16-17-18(19(2,3)4)20(5,6)7/h17H,8-16H2,1-7H3/b18-17+. The van der Waals surface area contributed by atoms with Gasteiger partial charge in [-0.1, -0.05) is 0 Å². The van der Waals surface area contributed by atoms with Crippen molar-refractivity contribution >= 4 is 21.3 Å². The monoisotopic (exact) mass is 358 g/mol. The van der Waals surface area contributed by atoms with Gasteiger partial charge in [0.1, 0.15) is 0 Å². The minimum absolute atomic E-state index is 1.07. The van der Waals surface area contributed by atoms with Gasteiger partial charge in [0.05, 0.1) is 0 Å². The molecule has 120 valence electrons. The summed E-state index contributed by atoms with van der Waals surface area (Å²) in [6.45, 7) is 9.89. The zero-order chi connectivity index (χ0) is 15.6. The fraction of sp³-hybridized carbons (Fsp3) is 0.889. The van der Waals surface area contributed by atoms with E-state index < -0.39 is 21.3 Å². The first-order valence-electron chi connectivity index (χ1n) is 8.90. The molecule has 0 heterocycles. The van der Waals surface area contributed by atoms with Crippen LogP contribution in [0.25, 0.3) is 0 Å². The summed E-state index contributed by atoms with van der Waals surface area (Å²) in [6, 6.07) is 0. The molecule has 0 rings (SSSR count). The Morgan fingerprint density at radius 2 is 1.25 bits per heavy atom. The van der Waals surface area contributed by atoms with Crippen molar-refractivity contribution in [2.75, 3.05) is 0 Å². The zero-order valence-electron chi connectivity index (χ0n) is 15.4. The first-order chi connectivity index (χ1) is 9.19. The van der Waals surface area contributed by atoms with Crippen LogP contribution in [0.2, 0.25) is 36.9 Å². The van der Waals surface area contributed by atoms with E-state index in [-0.39, 0.29) is 0 Å². The Morgan fingerprint density at radius 3 is 1.65 bits per heavy atom. The normalized spacial score (nSPS) is 13.8. The van der Waals surface area contributed by atoms with Crippen molar-refractivity contribution in [3.05, 3.63) is 10.1 Å². The van der Waals surface area contributed by atoms with E-state index in [4.69, 9.17) is 0 Å². The molecule has 0 bridgehead atoms. The number of unbranched alkanes of at least 4 members (excludes halogenated alkanes) is 8. The Labute approximate surface area is 133 Å². The molecule has 0 saturated carbocycles. The first kappa shape index (κ1) is 20.5. The van der Waals surface area contributed by atoms with Crippen LogP contribution in [-0.4, -0.2) is 21.3 Å². The second-order valence-electron chi connectivity index (χ2n) is 8.38.